The molecule has 0 unspecified atom stereocenters. The lowest BCUT2D eigenvalue weighted by Crippen LogP contribution is -2.52. The van der Waals surface area contributed by atoms with Gasteiger partial charge in [-0.05, 0) is 35.9 Å². The van der Waals surface area contributed by atoms with Crippen LogP contribution >= 0.6 is 11.6 Å². The van der Waals surface area contributed by atoms with Gasteiger partial charge in [0.2, 0.25) is 0 Å². The lowest BCUT2D eigenvalue weighted by molar-refractivity contribution is 0.141. The van der Waals surface area contributed by atoms with E-state index >= 15 is 0 Å². The van der Waals surface area contributed by atoms with Crippen LogP contribution in [-0.4, -0.2) is 53.5 Å². The van der Waals surface area contributed by atoms with E-state index in [9.17, 15) is 4.79 Å². The molecule has 2 amide bonds. The molecule has 0 saturated carbocycles. The Morgan fingerprint density at radius 2 is 1.88 bits per heavy atom. The molecule has 1 aromatic carbocycles. The Balaban J connectivity index is 1.76. The summed E-state index contributed by atoms with van der Waals surface area (Å²) >= 11 is 6.00. The average molecular weight is 359 g/mol. The number of aromatic nitrogens is 1. The molecule has 0 bridgehead atoms. The molecule has 25 heavy (non-hydrogen) atoms. The summed E-state index contributed by atoms with van der Waals surface area (Å²) < 4.78 is 0. The van der Waals surface area contributed by atoms with Crippen molar-refractivity contribution in [2.45, 2.75) is 13.0 Å². The van der Waals surface area contributed by atoms with Crippen molar-refractivity contribution in [2.75, 3.05) is 32.7 Å². The SMILES string of the molecule is CCN1CCN(C(=O)N[C@H](c2ccc(Cl)cc2)c2cccnc2)CC1. The summed E-state index contributed by atoms with van der Waals surface area (Å²) in [5, 5.41) is 3.83. The number of pyridine rings is 1. The van der Waals surface area contributed by atoms with Crippen molar-refractivity contribution in [2.24, 2.45) is 0 Å². The van der Waals surface area contributed by atoms with E-state index in [2.05, 4.69) is 22.1 Å². The molecular formula is C19H23ClN4O. The number of hydrogen-bond acceptors (Lipinski definition) is 3. The first-order chi connectivity index (χ1) is 12.2. The molecule has 1 aromatic heterocycles. The zero-order chi connectivity index (χ0) is 17.6. The summed E-state index contributed by atoms with van der Waals surface area (Å²) in [5.74, 6) is 0. The van der Waals surface area contributed by atoms with Gasteiger partial charge in [-0.3, -0.25) is 4.98 Å². The van der Waals surface area contributed by atoms with Crippen LogP contribution in [0.25, 0.3) is 0 Å². The van der Waals surface area contributed by atoms with Crippen LogP contribution in [0, 0.1) is 0 Å². The van der Waals surface area contributed by atoms with E-state index in [1.165, 1.54) is 0 Å². The van der Waals surface area contributed by atoms with Crippen molar-refractivity contribution in [3.63, 3.8) is 0 Å². The molecule has 2 heterocycles. The first-order valence-electron chi connectivity index (χ1n) is 8.60. The summed E-state index contributed by atoms with van der Waals surface area (Å²) in [6, 6.07) is 11.1. The highest BCUT2D eigenvalue weighted by Gasteiger charge is 2.24. The van der Waals surface area contributed by atoms with E-state index in [-0.39, 0.29) is 12.1 Å². The zero-order valence-corrected chi connectivity index (χ0v) is 15.1. The van der Waals surface area contributed by atoms with Gasteiger partial charge in [0.05, 0.1) is 6.04 Å². The number of nitrogens with one attached hydrogen (secondary N) is 1. The fourth-order valence-electron chi connectivity index (χ4n) is 3.04. The van der Waals surface area contributed by atoms with Gasteiger partial charge in [-0.1, -0.05) is 36.7 Å². The second-order valence-corrected chi connectivity index (χ2v) is 6.58. The number of rotatable bonds is 4. The molecular weight excluding hydrogens is 336 g/mol. The van der Waals surface area contributed by atoms with Gasteiger partial charge < -0.3 is 15.1 Å². The molecule has 0 radical (unpaired) electrons. The monoisotopic (exact) mass is 358 g/mol. The number of urea groups is 1. The van der Waals surface area contributed by atoms with Gasteiger partial charge in [0.25, 0.3) is 0 Å². The highest BCUT2D eigenvalue weighted by atomic mass is 35.5. The second-order valence-electron chi connectivity index (χ2n) is 6.14. The van der Waals surface area contributed by atoms with Crippen LogP contribution in [0.1, 0.15) is 24.1 Å². The summed E-state index contributed by atoms with van der Waals surface area (Å²) in [6.45, 7) is 6.51. The molecule has 2 aromatic rings. The third-order valence-electron chi connectivity index (χ3n) is 4.60. The molecule has 1 N–H and O–H groups in total. The number of benzene rings is 1. The van der Waals surface area contributed by atoms with Gasteiger partial charge in [-0.15, -0.1) is 0 Å². The molecule has 1 saturated heterocycles. The predicted octanol–water partition coefficient (Wildman–Crippen LogP) is 3.17. The number of amides is 2. The molecule has 1 atom stereocenters. The molecule has 1 aliphatic rings. The minimum atomic E-state index is -0.248. The van der Waals surface area contributed by atoms with Gasteiger partial charge in [-0.2, -0.15) is 0 Å². The van der Waals surface area contributed by atoms with E-state index in [0.29, 0.717) is 5.02 Å². The Morgan fingerprint density at radius 1 is 1.16 bits per heavy atom. The number of nitrogens with zero attached hydrogens (tertiary/aromatic N) is 3. The maximum atomic E-state index is 12.8. The smallest absolute Gasteiger partial charge is 0.318 e. The largest absolute Gasteiger partial charge is 0.327 e. The molecule has 1 aliphatic heterocycles. The van der Waals surface area contributed by atoms with Crippen molar-refractivity contribution in [1.82, 2.24) is 20.1 Å². The molecule has 0 aliphatic carbocycles. The Bertz CT molecular complexity index is 684. The molecule has 3 rings (SSSR count). The van der Waals surface area contributed by atoms with Crippen LogP contribution < -0.4 is 5.32 Å². The van der Waals surface area contributed by atoms with Crippen LogP contribution in [0.2, 0.25) is 5.02 Å². The van der Waals surface area contributed by atoms with Crippen molar-refractivity contribution in [1.29, 1.82) is 0 Å². The number of carbonyl (C=O) groups excluding carboxylic acids is 1. The van der Waals surface area contributed by atoms with E-state index < -0.39 is 0 Å². The number of piperazine rings is 1. The topological polar surface area (TPSA) is 48.5 Å². The van der Waals surface area contributed by atoms with Crippen LogP contribution in [0.5, 0.6) is 0 Å². The number of halogens is 1. The van der Waals surface area contributed by atoms with E-state index in [1.54, 1.807) is 12.4 Å². The first kappa shape index (κ1) is 17.7. The zero-order valence-electron chi connectivity index (χ0n) is 14.4. The Kier molecular flexibility index (Phi) is 5.89. The maximum Gasteiger partial charge on any atom is 0.318 e. The molecule has 0 spiro atoms. The highest BCUT2D eigenvalue weighted by molar-refractivity contribution is 6.30. The number of carbonyl (C=O) groups is 1. The summed E-state index contributed by atoms with van der Waals surface area (Å²) in [6.07, 6.45) is 3.52. The minimum absolute atomic E-state index is 0.0421. The summed E-state index contributed by atoms with van der Waals surface area (Å²) in [7, 11) is 0. The quantitative estimate of drug-likeness (QED) is 0.913. The number of hydrogen-bond donors (Lipinski definition) is 1. The molecule has 1 fully saturated rings. The van der Waals surface area contributed by atoms with Crippen molar-refractivity contribution in [3.8, 4) is 0 Å². The van der Waals surface area contributed by atoms with E-state index in [1.807, 2.05) is 41.3 Å². The molecule has 5 nitrogen and oxygen atoms in total. The normalized spacial score (nSPS) is 16.5. The van der Waals surface area contributed by atoms with Crippen LogP contribution in [0.4, 0.5) is 4.79 Å². The third kappa shape index (κ3) is 4.50. The summed E-state index contributed by atoms with van der Waals surface area (Å²) in [4.78, 5) is 21.2. The Labute approximate surface area is 153 Å². The maximum absolute atomic E-state index is 12.8. The van der Waals surface area contributed by atoms with Crippen LogP contribution in [0.15, 0.2) is 48.8 Å². The van der Waals surface area contributed by atoms with E-state index in [0.717, 1.165) is 43.9 Å². The van der Waals surface area contributed by atoms with Crippen molar-refractivity contribution < 1.29 is 4.79 Å². The average Bonchev–Trinajstić information content (AvgIpc) is 2.67. The molecule has 6 heteroatoms. The van der Waals surface area contributed by atoms with Gasteiger partial charge in [0.1, 0.15) is 0 Å². The van der Waals surface area contributed by atoms with Crippen molar-refractivity contribution in [3.05, 3.63) is 64.9 Å². The van der Waals surface area contributed by atoms with Crippen LogP contribution in [-0.2, 0) is 0 Å². The highest BCUT2D eigenvalue weighted by Crippen LogP contribution is 2.23. The summed E-state index contributed by atoms with van der Waals surface area (Å²) in [5.41, 5.74) is 1.93. The van der Waals surface area contributed by atoms with Crippen LogP contribution in [0.3, 0.4) is 0 Å². The Morgan fingerprint density at radius 3 is 2.48 bits per heavy atom. The fourth-order valence-corrected chi connectivity index (χ4v) is 3.17. The second kappa shape index (κ2) is 8.32. The lowest BCUT2D eigenvalue weighted by atomic mass is 10.0. The number of likely N-dealkylation sites (N-methyl/N-ethyl adjacent to an activating group) is 1. The third-order valence-corrected chi connectivity index (χ3v) is 4.85. The van der Waals surface area contributed by atoms with Gasteiger partial charge in [-0.25, -0.2) is 4.79 Å². The van der Waals surface area contributed by atoms with Gasteiger partial charge in [0, 0.05) is 43.6 Å². The fraction of sp³-hybridized carbons (Fsp3) is 0.368. The molecule has 132 valence electrons. The first-order valence-corrected chi connectivity index (χ1v) is 8.98. The van der Waals surface area contributed by atoms with Crippen molar-refractivity contribution >= 4 is 17.6 Å². The van der Waals surface area contributed by atoms with Gasteiger partial charge in [0.15, 0.2) is 0 Å². The predicted molar refractivity (Wildman–Crippen MR) is 99.8 cm³/mol. The van der Waals surface area contributed by atoms with Gasteiger partial charge >= 0.3 is 6.03 Å². The minimum Gasteiger partial charge on any atom is -0.327 e. The lowest BCUT2D eigenvalue weighted by Gasteiger charge is -2.35. The standard InChI is InChI=1S/C19H23ClN4O/c1-2-23-10-12-24(13-11-23)19(25)22-18(16-4-3-9-21-14-16)15-5-7-17(20)8-6-15/h3-9,14,18H,2,10-13H2,1H3,(H,22,25)/t18-/m1/s1. The van der Waals surface area contributed by atoms with E-state index in [4.69, 9.17) is 11.6 Å². The Hall–Kier alpha value is -2.11.